The van der Waals surface area contributed by atoms with E-state index in [-0.39, 0.29) is 6.61 Å². The molecular weight excluding hydrogens is 388 g/mol. The van der Waals surface area contributed by atoms with Crippen LogP contribution in [0.1, 0.15) is 30.9 Å². The first-order valence-electron chi connectivity index (χ1n) is 9.45. The number of para-hydroxylation sites is 1. The molecule has 1 heterocycles. The van der Waals surface area contributed by atoms with Gasteiger partial charge in [-0.05, 0) is 52.6 Å². The number of hydrogen-bond donors (Lipinski definition) is 1. The predicted molar refractivity (Wildman–Crippen MR) is 113 cm³/mol. The minimum Gasteiger partial charge on any atom is -0.494 e. The zero-order valence-electron chi connectivity index (χ0n) is 17.1. The fraction of sp³-hybridized carbons (Fsp3) is 0.381. The van der Waals surface area contributed by atoms with E-state index in [0.717, 1.165) is 22.6 Å². The summed E-state index contributed by atoms with van der Waals surface area (Å²) in [5.41, 5.74) is 2.96. The molecule has 1 aromatic heterocycles. The second-order valence-corrected chi connectivity index (χ2v) is 8.00. The molecule has 1 atom stereocenters. The number of nitrogens with zero attached hydrogens (tertiary/aromatic N) is 4. The zero-order chi connectivity index (χ0) is 20.8. The maximum atomic E-state index is 10.4. The third-order valence-electron chi connectivity index (χ3n) is 4.38. The van der Waals surface area contributed by atoms with Crippen LogP contribution in [0, 0.1) is 6.92 Å². The number of ether oxygens (including phenoxy) is 2. The van der Waals surface area contributed by atoms with Crippen molar-refractivity contribution in [2.45, 2.75) is 37.9 Å². The molecular formula is C21H26N4O3S. The first-order valence-corrected chi connectivity index (χ1v) is 10.4. The fourth-order valence-corrected chi connectivity index (χ4v) is 3.67. The summed E-state index contributed by atoms with van der Waals surface area (Å²) in [4.78, 5) is 0. The van der Waals surface area contributed by atoms with E-state index < -0.39 is 6.10 Å². The Kier molecular flexibility index (Phi) is 7.11. The van der Waals surface area contributed by atoms with Gasteiger partial charge in [-0.2, -0.15) is 4.68 Å². The van der Waals surface area contributed by atoms with Crippen LogP contribution in [0.5, 0.6) is 11.5 Å². The molecule has 0 amide bonds. The molecule has 0 radical (unpaired) electrons. The number of rotatable bonds is 9. The molecule has 8 heteroatoms. The number of benzene rings is 2. The van der Waals surface area contributed by atoms with Crippen molar-refractivity contribution in [3.05, 3.63) is 53.6 Å². The van der Waals surface area contributed by atoms with Crippen LogP contribution in [0.2, 0.25) is 0 Å². The Morgan fingerprint density at radius 3 is 2.69 bits per heavy atom. The first-order chi connectivity index (χ1) is 14.0. The number of tetrazole rings is 1. The lowest BCUT2D eigenvalue weighted by molar-refractivity contribution is 0.125. The van der Waals surface area contributed by atoms with Gasteiger partial charge in [-0.25, -0.2) is 0 Å². The molecule has 0 saturated carbocycles. The third kappa shape index (κ3) is 5.27. The van der Waals surface area contributed by atoms with E-state index >= 15 is 0 Å². The summed E-state index contributed by atoms with van der Waals surface area (Å²) in [5.74, 6) is 2.24. The summed E-state index contributed by atoms with van der Waals surface area (Å²) in [5, 5.41) is 22.9. The molecule has 0 bridgehead atoms. The van der Waals surface area contributed by atoms with Gasteiger partial charge in [-0.3, -0.25) is 0 Å². The molecule has 0 aliphatic carbocycles. The van der Waals surface area contributed by atoms with E-state index in [1.807, 2.05) is 49.4 Å². The van der Waals surface area contributed by atoms with Gasteiger partial charge in [0.2, 0.25) is 5.16 Å². The van der Waals surface area contributed by atoms with Crippen LogP contribution in [0.25, 0.3) is 5.69 Å². The van der Waals surface area contributed by atoms with Crippen LogP contribution < -0.4 is 9.47 Å². The molecule has 29 heavy (non-hydrogen) atoms. The SMILES string of the molecule is COc1ccc(C)cc1-n1nnnc1SC[C@@H](O)COc1ccccc1C(C)C. The van der Waals surface area contributed by atoms with Crippen molar-refractivity contribution in [1.82, 2.24) is 20.2 Å². The van der Waals surface area contributed by atoms with E-state index in [4.69, 9.17) is 9.47 Å². The van der Waals surface area contributed by atoms with Crippen molar-refractivity contribution in [3.8, 4) is 17.2 Å². The van der Waals surface area contributed by atoms with Crippen molar-refractivity contribution in [1.29, 1.82) is 0 Å². The molecule has 0 aliphatic rings. The smallest absolute Gasteiger partial charge is 0.214 e. The molecule has 1 N–H and O–H groups in total. The maximum Gasteiger partial charge on any atom is 0.214 e. The van der Waals surface area contributed by atoms with Crippen LogP contribution in [-0.4, -0.2) is 50.9 Å². The first kappa shape index (κ1) is 21.1. The highest BCUT2D eigenvalue weighted by Crippen LogP contribution is 2.28. The lowest BCUT2D eigenvalue weighted by Crippen LogP contribution is -2.21. The second kappa shape index (κ2) is 9.76. The van der Waals surface area contributed by atoms with Crippen molar-refractivity contribution < 1.29 is 14.6 Å². The lowest BCUT2D eigenvalue weighted by Gasteiger charge is -2.16. The molecule has 7 nitrogen and oxygen atoms in total. The highest BCUT2D eigenvalue weighted by atomic mass is 32.2. The van der Waals surface area contributed by atoms with Gasteiger partial charge in [-0.1, -0.05) is 49.9 Å². The number of aromatic nitrogens is 4. The number of aliphatic hydroxyl groups is 1. The summed E-state index contributed by atoms with van der Waals surface area (Å²) < 4.78 is 12.9. The molecule has 0 fully saturated rings. The number of hydrogen-bond acceptors (Lipinski definition) is 7. The number of methoxy groups -OCH3 is 1. The summed E-state index contributed by atoms with van der Waals surface area (Å²) >= 11 is 1.37. The molecule has 0 unspecified atom stereocenters. The molecule has 2 aromatic carbocycles. The summed E-state index contributed by atoms with van der Waals surface area (Å²) in [7, 11) is 1.61. The Morgan fingerprint density at radius 1 is 1.14 bits per heavy atom. The third-order valence-corrected chi connectivity index (χ3v) is 5.44. The predicted octanol–water partition coefficient (Wildman–Crippen LogP) is 3.63. The van der Waals surface area contributed by atoms with Gasteiger partial charge in [0, 0.05) is 5.75 Å². The van der Waals surface area contributed by atoms with Gasteiger partial charge >= 0.3 is 0 Å². The second-order valence-electron chi connectivity index (χ2n) is 7.02. The summed E-state index contributed by atoms with van der Waals surface area (Å²) in [6, 6.07) is 13.7. The van der Waals surface area contributed by atoms with Crippen LogP contribution in [-0.2, 0) is 0 Å². The van der Waals surface area contributed by atoms with E-state index in [9.17, 15) is 5.11 Å². The Hall–Kier alpha value is -2.58. The maximum absolute atomic E-state index is 10.4. The van der Waals surface area contributed by atoms with Gasteiger partial charge in [0.05, 0.1) is 13.2 Å². The molecule has 154 valence electrons. The lowest BCUT2D eigenvalue weighted by atomic mass is 10.0. The average molecular weight is 415 g/mol. The highest BCUT2D eigenvalue weighted by molar-refractivity contribution is 7.99. The Labute approximate surface area is 175 Å². The van der Waals surface area contributed by atoms with Gasteiger partial charge in [0.1, 0.15) is 23.8 Å². The van der Waals surface area contributed by atoms with Crippen molar-refractivity contribution in [2.75, 3.05) is 19.5 Å². The number of thioether (sulfide) groups is 1. The Bertz CT molecular complexity index is 945. The van der Waals surface area contributed by atoms with Crippen molar-refractivity contribution >= 4 is 11.8 Å². The molecule has 0 aliphatic heterocycles. The van der Waals surface area contributed by atoms with E-state index in [1.54, 1.807) is 11.8 Å². The number of aliphatic hydroxyl groups excluding tert-OH is 1. The minimum absolute atomic E-state index is 0.200. The molecule has 3 rings (SSSR count). The summed E-state index contributed by atoms with van der Waals surface area (Å²) in [6.45, 7) is 6.43. The van der Waals surface area contributed by atoms with E-state index in [2.05, 4.69) is 29.4 Å². The number of aryl methyl sites for hydroxylation is 1. The van der Waals surface area contributed by atoms with Gasteiger partial charge < -0.3 is 14.6 Å². The van der Waals surface area contributed by atoms with Crippen LogP contribution in [0.4, 0.5) is 0 Å². The highest BCUT2D eigenvalue weighted by Gasteiger charge is 2.16. The zero-order valence-corrected chi connectivity index (χ0v) is 17.9. The fourth-order valence-electron chi connectivity index (χ4n) is 2.88. The standard InChI is InChI=1S/C21H26N4O3S/c1-14(2)17-7-5-6-8-19(17)28-12-16(26)13-29-21-22-23-24-25(21)18-11-15(3)9-10-20(18)27-4/h5-11,14,16,26H,12-13H2,1-4H3/t16-/m0/s1. The van der Waals surface area contributed by atoms with E-state index in [1.165, 1.54) is 11.8 Å². The van der Waals surface area contributed by atoms with E-state index in [0.29, 0.717) is 22.6 Å². The normalized spacial score (nSPS) is 12.2. The van der Waals surface area contributed by atoms with Crippen molar-refractivity contribution in [2.24, 2.45) is 0 Å². The van der Waals surface area contributed by atoms with Crippen LogP contribution in [0.15, 0.2) is 47.6 Å². The molecule has 3 aromatic rings. The molecule has 0 spiro atoms. The van der Waals surface area contributed by atoms with Crippen LogP contribution >= 0.6 is 11.8 Å². The minimum atomic E-state index is -0.662. The quantitative estimate of drug-likeness (QED) is 0.535. The largest absolute Gasteiger partial charge is 0.494 e. The summed E-state index contributed by atoms with van der Waals surface area (Å²) in [6.07, 6.45) is -0.662. The van der Waals surface area contributed by atoms with Gasteiger partial charge in [0.15, 0.2) is 0 Å². The topological polar surface area (TPSA) is 82.3 Å². The van der Waals surface area contributed by atoms with Crippen molar-refractivity contribution in [3.63, 3.8) is 0 Å². The Balaban J connectivity index is 1.63. The van der Waals surface area contributed by atoms with Gasteiger partial charge in [0.25, 0.3) is 0 Å². The molecule has 0 saturated heterocycles. The monoisotopic (exact) mass is 414 g/mol. The van der Waals surface area contributed by atoms with Gasteiger partial charge in [-0.15, -0.1) is 5.10 Å². The van der Waals surface area contributed by atoms with Crippen LogP contribution in [0.3, 0.4) is 0 Å². The average Bonchev–Trinajstić information content (AvgIpc) is 3.19. The Morgan fingerprint density at radius 2 is 1.93 bits per heavy atom.